The van der Waals surface area contributed by atoms with Crippen LogP contribution in [0.4, 0.5) is 0 Å². The van der Waals surface area contributed by atoms with Gasteiger partial charge in [-0.1, -0.05) is 24.3 Å². The molecule has 0 amide bonds. The highest BCUT2D eigenvalue weighted by Gasteiger charge is 2.01. The number of ether oxygens (including phenoxy) is 1. The second kappa shape index (κ2) is 11.2. The molecule has 142 valence electrons. The van der Waals surface area contributed by atoms with Crippen molar-refractivity contribution in [1.29, 1.82) is 0 Å². The summed E-state index contributed by atoms with van der Waals surface area (Å²) in [5, 5.41) is 6.49. The zero-order chi connectivity index (χ0) is 18.0. The lowest BCUT2D eigenvalue weighted by Gasteiger charge is -2.12. The van der Waals surface area contributed by atoms with E-state index in [1.165, 1.54) is 0 Å². The third kappa shape index (κ3) is 6.55. The van der Waals surface area contributed by atoms with E-state index in [0.717, 1.165) is 23.1 Å². The predicted octanol–water partition coefficient (Wildman–Crippen LogP) is 2.63. The molecule has 0 aliphatic carbocycles. The van der Waals surface area contributed by atoms with Crippen molar-refractivity contribution in [2.45, 2.75) is 6.54 Å². The number of pyridine rings is 1. The normalized spacial score (nSPS) is 10.8. The Labute approximate surface area is 175 Å². The van der Waals surface area contributed by atoms with E-state index in [2.05, 4.69) is 25.6 Å². The number of hydrogen-bond donors (Lipinski definition) is 2. The number of benzene rings is 1. The first-order valence-electron chi connectivity index (χ1n) is 8.41. The summed E-state index contributed by atoms with van der Waals surface area (Å²) in [7, 11) is 1.74. The van der Waals surface area contributed by atoms with Crippen molar-refractivity contribution in [3.8, 4) is 11.6 Å². The van der Waals surface area contributed by atoms with Crippen LogP contribution in [0, 0.1) is 0 Å². The van der Waals surface area contributed by atoms with Gasteiger partial charge in [-0.15, -0.1) is 24.0 Å². The minimum absolute atomic E-state index is 0. The number of imidazole rings is 1. The first-order chi connectivity index (χ1) is 12.8. The molecule has 7 nitrogen and oxygen atoms in total. The Bertz CT molecular complexity index is 806. The lowest BCUT2D eigenvalue weighted by molar-refractivity contribution is 0.322. The van der Waals surface area contributed by atoms with Crippen LogP contribution in [-0.2, 0) is 6.54 Å². The third-order valence-electron chi connectivity index (χ3n) is 3.67. The van der Waals surface area contributed by atoms with Crippen LogP contribution >= 0.6 is 24.0 Å². The van der Waals surface area contributed by atoms with Gasteiger partial charge in [0.1, 0.15) is 24.5 Å². The molecule has 0 bridgehead atoms. The van der Waals surface area contributed by atoms with Gasteiger partial charge < -0.3 is 15.4 Å². The van der Waals surface area contributed by atoms with E-state index >= 15 is 0 Å². The zero-order valence-electron chi connectivity index (χ0n) is 15.1. The van der Waals surface area contributed by atoms with Gasteiger partial charge in [-0.05, 0) is 23.8 Å². The Morgan fingerprint density at radius 2 is 2.00 bits per heavy atom. The average molecular weight is 478 g/mol. The van der Waals surface area contributed by atoms with Crippen molar-refractivity contribution in [1.82, 2.24) is 25.2 Å². The molecule has 0 spiro atoms. The van der Waals surface area contributed by atoms with Crippen LogP contribution in [0.5, 0.6) is 5.75 Å². The van der Waals surface area contributed by atoms with E-state index in [0.29, 0.717) is 19.7 Å². The first-order valence-corrected chi connectivity index (χ1v) is 8.41. The molecule has 0 aliphatic rings. The highest BCUT2D eigenvalue weighted by molar-refractivity contribution is 14.0. The minimum atomic E-state index is 0. The molecule has 0 saturated carbocycles. The lowest BCUT2D eigenvalue weighted by atomic mass is 10.3. The second-order valence-corrected chi connectivity index (χ2v) is 5.51. The molecule has 0 atom stereocenters. The molecule has 0 unspecified atom stereocenters. The molecule has 0 fully saturated rings. The molecule has 8 heteroatoms. The number of aromatic nitrogens is 3. The van der Waals surface area contributed by atoms with E-state index in [1.54, 1.807) is 19.6 Å². The van der Waals surface area contributed by atoms with Crippen LogP contribution in [0.2, 0.25) is 0 Å². The molecule has 3 rings (SSSR count). The zero-order valence-corrected chi connectivity index (χ0v) is 17.4. The van der Waals surface area contributed by atoms with Gasteiger partial charge in [0.2, 0.25) is 0 Å². The maximum atomic E-state index is 5.65. The fourth-order valence-electron chi connectivity index (χ4n) is 2.33. The standard InChI is InChI=1S/C19H22N6O.HI/c1-20-19(22-10-12-26-17-5-3-2-4-6-17)24-14-16-7-8-18(23-13-16)25-11-9-21-15-25;/h2-9,11,13,15H,10,12,14H2,1H3,(H2,20,22,24);1H. The highest BCUT2D eigenvalue weighted by atomic mass is 127. The van der Waals surface area contributed by atoms with Gasteiger partial charge in [-0.3, -0.25) is 9.56 Å². The number of guanidine groups is 1. The number of nitrogens with zero attached hydrogens (tertiary/aromatic N) is 4. The minimum Gasteiger partial charge on any atom is -0.492 e. The van der Waals surface area contributed by atoms with Crippen molar-refractivity contribution in [2.75, 3.05) is 20.2 Å². The Balaban J connectivity index is 0.00000261. The first kappa shape index (κ1) is 20.7. The van der Waals surface area contributed by atoms with E-state index in [4.69, 9.17) is 4.74 Å². The Morgan fingerprint density at radius 1 is 1.15 bits per heavy atom. The summed E-state index contributed by atoms with van der Waals surface area (Å²) in [4.78, 5) is 12.7. The monoisotopic (exact) mass is 478 g/mol. The molecule has 0 aliphatic heterocycles. The van der Waals surface area contributed by atoms with Gasteiger partial charge in [0.15, 0.2) is 5.96 Å². The third-order valence-corrected chi connectivity index (χ3v) is 3.67. The van der Waals surface area contributed by atoms with Gasteiger partial charge in [-0.25, -0.2) is 9.97 Å². The molecule has 2 N–H and O–H groups in total. The van der Waals surface area contributed by atoms with Crippen molar-refractivity contribution in [3.63, 3.8) is 0 Å². The number of halogens is 1. The number of aliphatic imine (C=N–C) groups is 1. The van der Waals surface area contributed by atoms with E-state index in [1.807, 2.05) is 59.4 Å². The van der Waals surface area contributed by atoms with Crippen molar-refractivity contribution >= 4 is 29.9 Å². The van der Waals surface area contributed by atoms with Crippen LogP contribution in [-0.4, -0.2) is 40.7 Å². The van der Waals surface area contributed by atoms with Gasteiger partial charge in [0.25, 0.3) is 0 Å². The van der Waals surface area contributed by atoms with E-state index in [-0.39, 0.29) is 24.0 Å². The average Bonchev–Trinajstić information content (AvgIpc) is 3.23. The second-order valence-electron chi connectivity index (χ2n) is 5.51. The fourth-order valence-corrected chi connectivity index (χ4v) is 2.33. The molecule has 3 aromatic rings. The Hall–Kier alpha value is -2.62. The summed E-state index contributed by atoms with van der Waals surface area (Å²) in [6.45, 7) is 1.86. The fraction of sp³-hybridized carbons (Fsp3) is 0.211. The smallest absolute Gasteiger partial charge is 0.191 e. The van der Waals surface area contributed by atoms with Gasteiger partial charge in [0, 0.05) is 32.2 Å². The van der Waals surface area contributed by atoms with Gasteiger partial charge in [-0.2, -0.15) is 0 Å². The summed E-state index contributed by atoms with van der Waals surface area (Å²) in [6, 6.07) is 13.7. The summed E-state index contributed by atoms with van der Waals surface area (Å²) in [5.74, 6) is 2.42. The number of rotatable bonds is 7. The maximum absolute atomic E-state index is 5.65. The highest BCUT2D eigenvalue weighted by Crippen LogP contribution is 2.07. The predicted molar refractivity (Wildman–Crippen MR) is 117 cm³/mol. The summed E-state index contributed by atoms with van der Waals surface area (Å²) in [5.41, 5.74) is 1.07. The van der Waals surface area contributed by atoms with Crippen LogP contribution < -0.4 is 15.4 Å². The number of para-hydroxylation sites is 1. The van der Waals surface area contributed by atoms with Crippen LogP contribution in [0.25, 0.3) is 5.82 Å². The number of hydrogen-bond acceptors (Lipinski definition) is 4. The van der Waals surface area contributed by atoms with Crippen molar-refractivity contribution in [2.24, 2.45) is 4.99 Å². The number of nitrogens with one attached hydrogen (secondary N) is 2. The molecule has 2 aromatic heterocycles. The summed E-state index contributed by atoms with van der Waals surface area (Å²) in [6.07, 6.45) is 7.16. The molecular formula is C19H23IN6O. The maximum Gasteiger partial charge on any atom is 0.191 e. The van der Waals surface area contributed by atoms with E-state index < -0.39 is 0 Å². The SMILES string of the molecule is CN=C(NCCOc1ccccc1)NCc1ccc(-n2ccnc2)nc1.I. The van der Waals surface area contributed by atoms with Crippen LogP contribution in [0.1, 0.15) is 5.56 Å². The molecular weight excluding hydrogens is 455 g/mol. The quantitative estimate of drug-likeness (QED) is 0.236. The topological polar surface area (TPSA) is 76.4 Å². The van der Waals surface area contributed by atoms with Crippen molar-refractivity contribution in [3.05, 3.63) is 72.9 Å². The van der Waals surface area contributed by atoms with Gasteiger partial charge >= 0.3 is 0 Å². The van der Waals surface area contributed by atoms with Crippen LogP contribution in [0.3, 0.4) is 0 Å². The molecule has 2 heterocycles. The summed E-state index contributed by atoms with van der Waals surface area (Å²) >= 11 is 0. The Morgan fingerprint density at radius 3 is 2.67 bits per heavy atom. The largest absolute Gasteiger partial charge is 0.492 e. The lowest BCUT2D eigenvalue weighted by Crippen LogP contribution is -2.38. The molecule has 1 aromatic carbocycles. The van der Waals surface area contributed by atoms with Gasteiger partial charge in [0.05, 0.1) is 6.54 Å². The molecule has 0 radical (unpaired) electrons. The van der Waals surface area contributed by atoms with Crippen LogP contribution in [0.15, 0.2) is 72.4 Å². The Kier molecular flexibility index (Phi) is 8.56. The molecule has 0 saturated heterocycles. The van der Waals surface area contributed by atoms with Crippen molar-refractivity contribution < 1.29 is 4.74 Å². The molecule has 27 heavy (non-hydrogen) atoms. The summed E-state index contributed by atoms with van der Waals surface area (Å²) < 4.78 is 7.52. The van der Waals surface area contributed by atoms with E-state index in [9.17, 15) is 0 Å².